The highest BCUT2D eigenvalue weighted by atomic mass is 79.9. The highest BCUT2D eigenvalue weighted by Crippen LogP contribution is 2.39. The molecule has 0 N–H and O–H groups in total. The van der Waals surface area contributed by atoms with Crippen molar-refractivity contribution in [3.05, 3.63) is 32.3 Å². The first-order valence-corrected chi connectivity index (χ1v) is 6.44. The molecule has 6 heteroatoms. The molecular weight excluding hydrogens is 312 g/mol. The highest BCUT2D eigenvalue weighted by Gasteiger charge is 2.34. The smallest absolute Gasteiger partial charge is 0.294 e. The number of amides is 1. The molecule has 98 valence electrons. The molecule has 1 aromatic carbocycles. The summed E-state index contributed by atoms with van der Waals surface area (Å²) in [5.74, 6) is 2.15. The third-order valence-corrected chi connectivity index (χ3v) is 3.62. The molecule has 1 atom stereocenters. The van der Waals surface area contributed by atoms with Crippen molar-refractivity contribution in [1.29, 1.82) is 0 Å². The lowest BCUT2D eigenvalue weighted by Crippen LogP contribution is -2.25. The van der Waals surface area contributed by atoms with Crippen LogP contribution in [0.5, 0.6) is 0 Å². The second-order valence-corrected chi connectivity index (χ2v) is 5.30. The predicted molar refractivity (Wildman–Crippen MR) is 74.8 cm³/mol. The van der Waals surface area contributed by atoms with E-state index in [0.29, 0.717) is 16.7 Å². The van der Waals surface area contributed by atoms with E-state index in [1.807, 2.05) is 0 Å². The Bertz CT molecular complexity index is 607. The Balaban J connectivity index is 2.54. The summed E-state index contributed by atoms with van der Waals surface area (Å²) in [6.45, 7) is 2.08. The molecule has 0 radical (unpaired) electrons. The zero-order valence-corrected chi connectivity index (χ0v) is 11.8. The summed E-state index contributed by atoms with van der Waals surface area (Å²) < 4.78 is 0.533. The van der Waals surface area contributed by atoms with E-state index in [1.165, 1.54) is 11.0 Å². The van der Waals surface area contributed by atoms with Crippen LogP contribution in [0.25, 0.3) is 0 Å². The van der Waals surface area contributed by atoms with Crippen LogP contribution in [0.1, 0.15) is 12.0 Å². The number of aryl methyl sites for hydroxylation is 1. The maximum absolute atomic E-state index is 11.9. The van der Waals surface area contributed by atoms with Gasteiger partial charge in [-0.2, -0.15) is 0 Å². The summed E-state index contributed by atoms with van der Waals surface area (Å²) in [6, 6.07) is 3.20. The van der Waals surface area contributed by atoms with Crippen LogP contribution in [0.15, 0.2) is 16.6 Å². The zero-order valence-electron chi connectivity index (χ0n) is 10.2. The number of nitrogens with zero attached hydrogens (tertiary/aromatic N) is 2. The molecule has 2 rings (SSSR count). The molecule has 1 amide bonds. The van der Waals surface area contributed by atoms with E-state index in [-0.39, 0.29) is 23.9 Å². The van der Waals surface area contributed by atoms with Gasteiger partial charge in [-0.15, -0.1) is 12.3 Å². The number of hydrogen-bond acceptors (Lipinski definition) is 3. The number of rotatable bonds is 2. The monoisotopic (exact) mass is 322 g/mol. The molecule has 1 heterocycles. The van der Waals surface area contributed by atoms with Crippen LogP contribution in [0.2, 0.25) is 0 Å². The fourth-order valence-electron chi connectivity index (χ4n) is 2.16. The summed E-state index contributed by atoms with van der Waals surface area (Å²) in [4.78, 5) is 24.0. The molecule has 0 aliphatic carbocycles. The number of anilines is 1. The third-order valence-electron chi connectivity index (χ3n) is 3.01. The van der Waals surface area contributed by atoms with Gasteiger partial charge in [0.25, 0.3) is 5.69 Å². The molecule has 1 aromatic rings. The Labute approximate surface area is 118 Å². The molecule has 0 saturated carbocycles. The molecule has 1 fully saturated rings. The summed E-state index contributed by atoms with van der Waals surface area (Å²) in [5, 5.41) is 11.1. The van der Waals surface area contributed by atoms with E-state index in [9.17, 15) is 14.9 Å². The Morgan fingerprint density at radius 2 is 2.26 bits per heavy atom. The minimum atomic E-state index is -0.483. The van der Waals surface area contributed by atoms with E-state index >= 15 is 0 Å². The molecule has 19 heavy (non-hydrogen) atoms. The lowest BCUT2D eigenvalue weighted by atomic mass is 10.1. The number of nitro benzene ring substituents is 1. The van der Waals surface area contributed by atoms with Gasteiger partial charge in [0.05, 0.1) is 4.92 Å². The van der Waals surface area contributed by atoms with Crippen LogP contribution in [0, 0.1) is 35.3 Å². The van der Waals surface area contributed by atoms with Crippen molar-refractivity contribution in [3.63, 3.8) is 0 Å². The highest BCUT2D eigenvalue weighted by molar-refractivity contribution is 9.10. The van der Waals surface area contributed by atoms with E-state index in [4.69, 9.17) is 6.42 Å². The van der Waals surface area contributed by atoms with Gasteiger partial charge in [-0.3, -0.25) is 14.9 Å². The average Bonchev–Trinajstić information content (AvgIpc) is 2.69. The summed E-state index contributed by atoms with van der Waals surface area (Å²) in [6.07, 6.45) is 5.55. The third kappa shape index (κ3) is 2.47. The standard InChI is InChI=1S/C13H11BrN2O3/c1-3-9-6-12(17)15(7-9)13-10(14)4-8(2)5-11(13)16(18)19/h1,4-5,9H,6-7H2,2H3. The van der Waals surface area contributed by atoms with Crippen molar-refractivity contribution in [1.82, 2.24) is 0 Å². The van der Waals surface area contributed by atoms with Crippen LogP contribution in [0.4, 0.5) is 11.4 Å². The van der Waals surface area contributed by atoms with Crippen LogP contribution >= 0.6 is 15.9 Å². The van der Waals surface area contributed by atoms with Crippen LogP contribution in [-0.2, 0) is 4.79 Å². The Morgan fingerprint density at radius 3 is 2.79 bits per heavy atom. The van der Waals surface area contributed by atoms with Crippen LogP contribution in [-0.4, -0.2) is 17.4 Å². The molecule has 0 spiro atoms. The normalized spacial score (nSPS) is 18.5. The molecule has 5 nitrogen and oxygen atoms in total. The Kier molecular flexibility index (Phi) is 3.58. The lowest BCUT2D eigenvalue weighted by Gasteiger charge is -2.18. The molecule has 1 aliphatic rings. The minimum absolute atomic E-state index is 0.0853. The summed E-state index contributed by atoms with van der Waals surface area (Å²) in [7, 11) is 0. The second-order valence-electron chi connectivity index (χ2n) is 4.44. The van der Waals surface area contributed by atoms with Crippen molar-refractivity contribution in [3.8, 4) is 12.3 Å². The van der Waals surface area contributed by atoms with E-state index in [0.717, 1.165) is 5.56 Å². The van der Waals surface area contributed by atoms with E-state index < -0.39 is 4.92 Å². The van der Waals surface area contributed by atoms with Gasteiger partial charge in [0.15, 0.2) is 0 Å². The van der Waals surface area contributed by atoms with Crippen molar-refractivity contribution in [2.24, 2.45) is 5.92 Å². The van der Waals surface area contributed by atoms with Gasteiger partial charge >= 0.3 is 0 Å². The van der Waals surface area contributed by atoms with Gasteiger partial charge in [-0.05, 0) is 34.5 Å². The molecule has 1 unspecified atom stereocenters. The number of carbonyl (C=O) groups excluding carboxylic acids is 1. The van der Waals surface area contributed by atoms with Crippen molar-refractivity contribution < 1.29 is 9.72 Å². The topological polar surface area (TPSA) is 63.5 Å². The maximum Gasteiger partial charge on any atom is 0.294 e. The zero-order chi connectivity index (χ0) is 14.2. The average molecular weight is 323 g/mol. The first-order valence-electron chi connectivity index (χ1n) is 5.65. The SMILES string of the molecule is C#CC1CC(=O)N(c2c(Br)cc(C)cc2[N+](=O)[O-])C1. The first-order chi connectivity index (χ1) is 8.93. The van der Waals surface area contributed by atoms with Gasteiger partial charge < -0.3 is 4.90 Å². The van der Waals surface area contributed by atoms with Crippen molar-refractivity contribution in [2.45, 2.75) is 13.3 Å². The number of benzene rings is 1. The lowest BCUT2D eigenvalue weighted by molar-refractivity contribution is -0.384. The summed E-state index contributed by atoms with van der Waals surface area (Å²) >= 11 is 3.30. The number of halogens is 1. The van der Waals surface area contributed by atoms with Crippen molar-refractivity contribution in [2.75, 3.05) is 11.4 Å². The molecule has 0 bridgehead atoms. The fourth-order valence-corrected chi connectivity index (χ4v) is 2.94. The number of nitro groups is 1. The van der Waals surface area contributed by atoms with E-state index in [1.54, 1.807) is 13.0 Å². The van der Waals surface area contributed by atoms with Crippen LogP contribution < -0.4 is 4.90 Å². The predicted octanol–water partition coefficient (Wildman–Crippen LogP) is 2.65. The first kappa shape index (κ1) is 13.6. The fraction of sp³-hybridized carbons (Fsp3) is 0.308. The van der Waals surface area contributed by atoms with Crippen LogP contribution in [0.3, 0.4) is 0 Å². The largest absolute Gasteiger partial charge is 0.304 e. The Hall–Kier alpha value is -1.87. The summed E-state index contributed by atoms with van der Waals surface area (Å²) in [5.41, 5.74) is 0.957. The van der Waals surface area contributed by atoms with Gasteiger partial charge in [-0.25, -0.2) is 0 Å². The molecule has 0 aromatic heterocycles. The minimum Gasteiger partial charge on any atom is -0.304 e. The Morgan fingerprint density at radius 1 is 1.58 bits per heavy atom. The van der Waals surface area contributed by atoms with Gasteiger partial charge in [0, 0.05) is 29.4 Å². The second kappa shape index (κ2) is 5.02. The quantitative estimate of drug-likeness (QED) is 0.477. The number of hydrogen-bond donors (Lipinski definition) is 0. The molecular formula is C13H11BrN2O3. The van der Waals surface area contributed by atoms with Gasteiger partial charge in [-0.1, -0.05) is 0 Å². The molecule has 1 saturated heterocycles. The number of terminal acetylenes is 1. The maximum atomic E-state index is 11.9. The molecule has 1 aliphatic heterocycles. The van der Waals surface area contributed by atoms with Gasteiger partial charge in [0.2, 0.25) is 5.91 Å². The number of carbonyl (C=O) groups is 1. The van der Waals surface area contributed by atoms with Crippen molar-refractivity contribution >= 4 is 33.2 Å². The van der Waals surface area contributed by atoms with Gasteiger partial charge in [0.1, 0.15) is 5.69 Å². The van der Waals surface area contributed by atoms with E-state index in [2.05, 4.69) is 21.9 Å².